The van der Waals surface area contributed by atoms with Crippen LogP contribution in [0.1, 0.15) is 5.69 Å². The lowest BCUT2D eigenvalue weighted by Gasteiger charge is -2.17. The van der Waals surface area contributed by atoms with Gasteiger partial charge in [0.25, 0.3) is 5.91 Å². The Labute approximate surface area is 150 Å². The summed E-state index contributed by atoms with van der Waals surface area (Å²) in [6, 6.07) is 13.4. The van der Waals surface area contributed by atoms with Gasteiger partial charge in [0.1, 0.15) is 11.4 Å². The number of methoxy groups -OCH3 is 1. The van der Waals surface area contributed by atoms with Gasteiger partial charge in [-0.05, 0) is 24.3 Å². The summed E-state index contributed by atoms with van der Waals surface area (Å²) in [7, 11) is 1.58. The van der Waals surface area contributed by atoms with Crippen molar-refractivity contribution < 1.29 is 9.53 Å². The molecular formula is C19H16ClN3O2. The van der Waals surface area contributed by atoms with Crippen molar-refractivity contribution in [3.8, 4) is 11.3 Å². The van der Waals surface area contributed by atoms with Crippen LogP contribution in [0.25, 0.3) is 16.9 Å². The van der Waals surface area contributed by atoms with Gasteiger partial charge in [-0.3, -0.25) is 4.79 Å². The average molecular weight is 354 g/mol. The number of hydrogen-bond acceptors (Lipinski definition) is 3. The number of ether oxygens (including phenoxy) is 1. The number of carbonyl (C=O) groups excluding carboxylic acids is 1. The first kappa shape index (κ1) is 15.7. The second kappa shape index (κ2) is 6.26. The van der Waals surface area contributed by atoms with Crippen molar-refractivity contribution in [1.82, 2.24) is 14.3 Å². The largest absolute Gasteiger partial charge is 0.499 e. The van der Waals surface area contributed by atoms with Crippen molar-refractivity contribution >= 4 is 23.2 Å². The summed E-state index contributed by atoms with van der Waals surface area (Å²) in [6.07, 6.45) is 3.49. The molecule has 1 aliphatic rings. The van der Waals surface area contributed by atoms with Crippen molar-refractivity contribution in [3.63, 3.8) is 0 Å². The SMILES string of the molecule is COC1=CC(=O)N(Cc2c(-c3ccc(Cl)cc3)nc3ccccn23)C1. The molecule has 4 rings (SSSR count). The van der Waals surface area contributed by atoms with E-state index in [0.717, 1.165) is 22.6 Å². The van der Waals surface area contributed by atoms with Crippen LogP contribution in [0.4, 0.5) is 0 Å². The number of carbonyl (C=O) groups is 1. The molecule has 3 heterocycles. The highest BCUT2D eigenvalue weighted by Gasteiger charge is 2.25. The summed E-state index contributed by atoms with van der Waals surface area (Å²) in [6.45, 7) is 0.917. The molecule has 0 unspecified atom stereocenters. The summed E-state index contributed by atoms with van der Waals surface area (Å²) in [5.74, 6) is 0.622. The van der Waals surface area contributed by atoms with Gasteiger partial charge >= 0.3 is 0 Å². The van der Waals surface area contributed by atoms with Crippen LogP contribution in [0.2, 0.25) is 5.02 Å². The predicted octanol–water partition coefficient (Wildman–Crippen LogP) is 3.53. The molecule has 126 valence electrons. The van der Waals surface area contributed by atoms with E-state index in [9.17, 15) is 4.79 Å². The molecule has 0 fully saturated rings. The van der Waals surface area contributed by atoms with E-state index < -0.39 is 0 Å². The third-order valence-corrected chi connectivity index (χ3v) is 4.54. The van der Waals surface area contributed by atoms with E-state index >= 15 is 0 Å². The third kappa shape index (κ3) is 2.87. The summed E-state index contributed by atoms with van der Waals surface area (Å²) >= 11 is 6.01. The lowest BCUT2D eigenvalue weighted by molar-refractivity contribution is -0.125. The van der Waals surface area contributed by atoms with Crippen LogP contribution in [-0.2, 0) is 16.1 Å². The van der Waals surface area contributed by atoms with Gasteiger partial charge in [0.2, 0.25) is 0 Å². The number of amides is 1. The topological polar surface area (TPSA) is 46.8 Å². The van der Waals surface area contributed by atoms with Crippen molar-refractivity contribution in [2.45, 2.75) is 6.54 Å². The standard InChI is InChI=1S/C19H16ClN3O2/c1-25-15-10-18(24)22(11-15)12-16-19(13-5-7-14(20)8-6-13)21-17-4-2-3-9-23(16)17/h2-10H,11-12H2,1H3. The molecule has 0 N–H and O–H groups in total. The molecule has 6 heteroatoms. The number of imidazole rings is 1. The Kier molecular flexibility index (Phi) is 3.93. The molecule has 0 radical (unpaired) electrons. The molecule has 1 aromatic carbocycles. The molecule has 25 heavy (non-hydrogen) atoms. The number of benzene rings is 1. The lowest BCUT2D eigenvalue weighted by Crippen LogP contribution is -2.26. The van der Waals surface area contributed by atoms with Crippen LogP contribution in [0.15, 0.2) is 60.5 Å². The van der Waals surface area contributed by atoms with E-state index in [1.54, 1.807) is 12.0 Å². The molecule has 0 saturated heterocycles. The van der Waals surface area contributed by atoms with E-state index in [-0.39, 0.29) is 5.91 Å². The Balaban J connectivity index is 1.78. The van der Waals surface area contributed by atoms with Gasteiger partial charge in [-0.25, -0.2) is 4.98 Å². The summed E-state index contributed by atoms with van der Waals surface area (Å²) in [5.41, 5.74) is 3.61. The van der Waals surface area contributed by atoms with Gasteiger partial charge in [0, 0.05) is 22.9 Å². The highest BCUT2D eigenvalue weighted by molar-refractivity contribution is 6.30. The van der Waals surface area contributed by atoms with Gasteiger partial charge in [0.05, 0.1) is 31.6 Å². The Morgan fingerprint density at radius 2 is 2.00 bits per heavy atom. The van der Waals surface area contributed by atoms with Crippen LogP contribution < -0.4 is 0 Å². The second-order valence-electron chi connectivity index (χ2n) is 5.85. The van der Waals surface area contributed by atoms with E-state index in [0.29, 0.717) is 23.9 Å². The summed E-state index contributed by atoms with van der Waals surface area (Å²) in [5, 5.41) is 0.678. The highest BCUT2D eigenvalue weighted by Crippen LogP contribution is 2.28. The molecule has 0 atom stereocenters. The number of aromatic nitrogens is 2. The van der Waals surface area contributed by atoms with E-state index in [1.807, 2.05) is 53.1 Å². The van der Waals surface area contributed by atoms with E-state index in [2.05, 4.69) is 0 Å². The first-order valence-electron chi connectivity index (χ1n) is 7.91. The third-order valence-electron chi connectivity index (χ3n) is 4.29. The quantitative estimate of drug-likeness (QED) is 0.721. The van der Waals surface area contributed by atoms with Crippen LogP contribution in [0.3, 0.4) is 0 Å². The van der Waals surface area contributed by atoms with Gasteiger partial charge in [-0.1, -0.05) is 29.8 Å². The minimum absolute atomic E-state index is 0.0511. The van der Waals surface area contributed by atoms with Crippen LogP contribution in [0.5, 0.6) is 0 Å². The average Bonchev–Trinajstić information content (AvgIpc) is 3.17. The van der Waals surface area contributed by atoms with Crippen molar-refractivity contribution in [3.05, 3.63) is 71.2 Å². The number of hydrogen-bond donors (Lipinski definition) is 0. The Bertz CT molecular complexity index is 976. The van der Waals surface area contributed by atoms with E-state index in [4.69, 9.17) is 21.3 Å². The van der Waals surface area contributed by atoms with Crippen LogP contribution in [0, 0.1) is 0 Å². The first-order valence-corrected chi connectivity index (χ1v) is 8.29. The minimum atomic E-state index is -0.0511. The second-order valence-corrected chi connectivity index (χ2v) is 6.29. The maximum atomic E-state index is 12.2. The van der Waals surface area contributed by atoms with Crippen LogP contribution >= 0.6 is 11.6 Å². The molecule has 0 bridgehead atoms. The molecule has 0 aliphatic carbocycles. The minimum Gasteiger partial charge on any atom is -0.499 e. The van der Waals surface area contributed by atoms with E-state index in [1.165, 1.54) is 6.08 Å². The van der Waals surface area contributed by atoms with Gasteiger partial charge in [0.15, 0.2) is 0 Å². The Morgan fingerprint density at radius 3 is 2.72 bits per heavy atom. The zero-order valence-corrected chi connectivity index (χ0v) is 14.4. The molecule has 5 nitrogen and oxygen atoms in total. The fourth-order valence-electron chi connectivity index (χ4n) is 3.02. The molecular weight excluding hydrogens is 338 g/mol. The fourth-order valence-corrected chi connectivity index (χ4v) is 3.14. The number of nitrogens with zero attached hydrogens (tertiary/aromatic N) is 3. The molecule has 2 aromatic heterocycles. The fraction of sp³-hybridized carbons (Fsp3) is 0.158. The maximum absolute atomic E-state index is 12.2. The van der Waals surface area contributed by atoms with Gasteiger partial charge < -0.3 is 14.0 Å². The Hall–Kier alpha value is -2.79. The normalized spacial score (nSPS) is 14.2. The van der Waals surface area contributed by atoms with Gasteiger partial charge in [-0.15, -0.1) is 0 Å². The first-order chi connectivity index (χ1) is 12.2. The number of rotatable bonds is 4. The number of pyridine rings is 1. The smallest absolute Gasteiger partial charge is 0.250 e. The monoisotopic (exact) mass is 353 g/mol. The molecule has 3 aromatic rings. The number of fused-ring (bicyclic) bond motifs is 1. The highest BCUT2D eigenvalue weighted by atomic mass is 35.5. The lowest BCUT2D eigenvalue weighted by atomic mass is 10.1. The maximum Gasteiger partial charge on any atom is 0.250 e. The molecule has 1 aliphatic heterocycles. The molecule has 0 spiro atoms. The molecule has 0 saturated carbocycles. The molecule has 1 amide bonds. The van der Waals surface area contributed by atoms with Crippen molar-refractivity contribution in [1.29, 1.82) is 0 Å². The van der Waals surface area contributed by atoms with Crippen LogP contribution in [-0.4, -0.2) is 33.8 Å². The number of halogens is 1. The Morgan fingerprint density at radius 1 is 1.20 bits per heavy atom. The van der Waals surface area contributed by atoms with Crippen molar-refractivity contribution in [2.24, 2.45) is 0 Å². The predicted molar refractivity (Wildman–Crippen MR) is 96.1 cm³/mol. The zero-order valence-electron chi connectivity index (χ0n) is 13.6. The zero-order chi connectivity index (χ0) is 17.4. The van der Waals surface area contributed by atoms with Crippen molar-refractivity contribution in [2.75, 3.05) is 13.7 Å². The summed E-state index contributed by atoms with van der Waals surface area (Å²) in [4.78, 5) is 18.7. The summed E-state index contributed by atoms with van der Waals surface area (Å²) < 4.78 is 7.22. The van der Waals surface area contributed by atoms with Gasteiger partial charge in [-0.2, -0.15) is 0 Å².